The molecule has 1 aromatic heterocycles. The highest BCUT2D eigenvalue weighted by Crippen LogP contribution is 2.41. The monoisotopic (exact) mass is 260 g/mol. The summed E-state index contributed by atoms with van der Waals surface area (Å²) in [5.74, 6) is -0.172. The fourth-order valence-electron chi connectivity index (χ4n) is 1.80. The van der Waals surface area contributed by atoms with Gasteiger partial charge in [0.25, 0.3) is 0 Å². The molecule has 0 spiro atoms. The maximum Gasteiger partial charge on any atom is 0.305 e. The van der Waals surface area contributed by atoms with Crippen LogP contribution < -0.4 is 0 Å². The largest absolute Gasteiger partial charge is 0.469 e. The van der Waals surface area contributed by atoms with Crippen LogP contribution in [0.2, 0.25) is 4.34 Å². The molecule has 1 aliphatic rings. The third-order valence-corrected chi connectivity index (χ3v) is 4.37. The summed E-state index contributed by atoms with van der Waals surface area (Å²) in [4.78, 5) is 12.4. The van der Waals surface area contributed by atoms with Gasteiger partial charge in [0.05, 0.1) is 30.1 Å². The summed E-state index contributed by atoms with van der Waals surface area (Å²) in [6, 6.07) is 3.91. The summed E-state index contributed by atoms with van der Waals surface area (Å²) in [5.41, 5.74) is -0.0218. The first-order valence-corrected chi connectivity index (χ1v) is 6.26. The van der Waals surface area contributed by atoms with Gasteiger partial charge in [-0.25, -0.2) is 0 Å². The van der Waals surface area contributed by atoms with E-state index in [-0.39, 0.29) is 11.4 Å². The van der Waals surface area contributed by atoms with Crippen molar-refractivity contribution in [2.24, 2.45) is 0 Å². The van der Waals surface area contributed by atoms with Crippen molar-refractivity contribution in [2.75, 3.05) is 20.3 Å². The molecular formula is C11H13ClO3S. The molecule has 2 heterocycles. The van der Waals surface area contributed by atoms with E-state index in [0.717, 1.165) is 10.8 Å². The standard InChI is InChI=1S/C11H13ClO3S/c1-14-10(13)4-5-11(6-15-7-11)8-2-3-9(12)16-8/h2-3H,4-7H2,1H3. The SMILES string of the molecule is COC(=O)CCC1(c2ccc(Cl)s2)COC1. The van der Waals surface area contributed by atoms with Crippen molar-refractivity contribution in [1.29, 1.82) is 0 Å². The summed E-state index contributed by atoms with van der Waals surface area (Å²) in [5, 5.41) is 0. The minimum atomic E-state index is -0.172. The summed E-state index contributed by atoms with van der Waals surface area (Å²) in [6.07, 6.45) is 1.19. The number of carbonyl (C=O) groups excluding carboxylic acids is 1. The third-order valence-electron chi connectivity index (χ3n) is 2.89. The maximum absolute atomic E-state index is 11.1. The molecule has 3 nitrogen and oxygen atoms in total. The molecule has 1 fully saturated rings. The molecular weight excluding hydrogens is 248 g/mol. The second kappa shape index (κ2) is 4.73. The fourth-order valence-corrected chi connectivity index (χ4v) is 3.03. The second-order valence-electron chi connectivity index (χ2n) is 3.95. The van der Waals surface area contributed by atoms with Crippen LogP contribution in [0, 0.1) is 0 Å². The molecule has 0 bridgehead atoms. The Morgan fingerprint density at radius 2 is 2.38 bits per heavy atom. The van der Waals surface area contributed by atoms with E-state index in [1.807, 2.05) is 12.1 Å². The Hall–Kier alpha value is -0.580. The first-order chi connectivity index (χ1) is 7.66. The second-order valence-corrected chi connectivity index (χ2v) is 5.67. The van der Waals surface area contributed by atoms with Crippen LogP contribution in [0.3, 0.4) is 0 Å². The van der Waals surface area contributed by atoms with Gasteiger partial charge in [0.15, 0.2) is 0 Å². The van der Waals surface area contributed by atoms with Crippen molar-refractivity contribution in [3.63, 3.8) is 0 Å². The van der Waals surface area contributed by atoms with E-state index in [1.54, 1.807) is 11.3 Å². The summed E-state index contributed by atoms with van der Waals surface area (Å²) >= 11 is 7.49. The van der Waals surface area contributed by atoms with E-state index in [2.05, 4.69) is 4.74 Å². The van der Waals surface area contributed by atoms with Crippen molar-refractivity contribution in [3.8, 4) is 0 Å². The lowest BCUT2D eigenvalue weighted by atomic mass is 9.80. The van der Waals surface area contributed by atoms with Gasteiger partial charge < -0.3 is 9.47 Å². The predicted molar refractivity (Wildman–Crippen MR) is 63.1 cm³/mol. The topological polar surface area (TPSA) is 35.5 Å². The molecule has 16 heavy (non-hydrogen) atoms. The van der Waals surface area contributed by atoms with Crippen LogP contribution in [0.25, 0.3) is 0 Å². The van der Waals surface area contributed by atoms with Gasteiger partial charge in [0.1, 0.15) is 0 Å². The van der Waals surface area contributed by atoms with E-state index in [1.165, 1.54) is 12.0 Å². The molecule has 1 saturated heterocycles. The van der Waals surface area contributed by atoms with E-state index < -0.39 is 0 Å². The molecule has 0 amide bonds. The molecule has 0 saturated carbocycles. The zero-order valence-corrected chi connectivity index (χ0v) is 10.6. The Labute approximate surface area is 103 Å². The van der Waals surface area contributed by atoms with Crippen LogP contribution in [0.5, 0.6) is 0 Å². The van der Waals surface area contributed by atoms with Gasteiger partial charge in [-0.2, -0.15) is 0 Å². The van der Waals surface area contributed by atoms with Gasteiger partial charge in [0.2, 0.25) is 0 Å². The molecule has 0 aliphatic carbocycles. The quantitative estimate of drug-likeness (QED) is 0.781. The van der Waals surface area contributed by atoms with Gasteiger partial charge in [-0.3, -0.25) is 4.79 Å². The number of esters is 1. The normalized spacial score (nSPS) is 17.9. The molecule has 88 valence electrons. The van der Waals surface area contributed by atoms with Crippen LogP contribution >= 0.6 is 22.9 Å². The molecule has 1 aliphatic heterocycles. The molecule has 0 aromatic carbocycles. The number of methoxy groups -OCH3 is 1. The fraction of sp³-hybridized carbons (Fsp3) is 0.545. The van der Waals surface area contributed by atoms with Crippen molar-refractivity contribution in [3.05, 3.63) is 21.3 Å². The Kier molecular flexibility index (Phi) is 3.52. The van der Waals surface area contributed by atoms with E-state index in [0.29, 0.717) is 19.6 Å². The van der Waals surface area contributed by atoms with Gasteiger partial charge >= 0.3 is 5.97 Å². The van der Waals surface area contributed by atoms with Gasteiger partial charge in [-0.15, -0.1) is 11.3 Å². The van der Waals surface area contributed by atoms with Gasteiger partial charge in [-0.05, 0) is 18.6 Å². The van der Waals surface area contributed by atoms with Crippen LogP contribution in [0.1, 0.15) is 17.7 Å². The number of halogens is 1. The molecule has 0 unspecified atom stereocenters. The van der Waals surface area contributed by atoms with Gasteiger partial charge in [0, 0.05) is 11.3 Å². The Morgan fingerprint density at radius 3 is 2.81 bits per heavy atom. The van der Waals surface area contributed by atoms with Crippen molar-refractivity contribution in [1.82, 2.24) is 0 Å². The molecule has 0 radical (unpaired) electrons. The number of hydrogen-bond donors (Lipinski definition) is 0. The molecule has 5 heteroatoms. The lowest BCUT2D eigenvalue weighted by Gasteiger charge is -2.40. The number of thiophene rings is 1. The first-order valence-electron chi connectivity index (χ1n) is 5.07. The average molecular weight is 261 g/mol. The van der Waals surface area contributed by atoms with E-state index >= 15 is 0 Å². The van der Waals surface area contributed by atoms with E-state index in [9.17, 15) is 4.79 Å². The summed E-state index contributed by atoms with van der Waals surface area (Å²) in [6.45, 7) is 1.33. The Bertz CT molecular complexity index is 384. The first kappa shape index (κ1) is 11.9. The molecule has 1 aromatic rings. The zero-order chi connectivity index (χ0) is 11.6. The zero-order valence-electron chi connectivity index (χ0n) is 8.99. The third kappa shape index (κ3) is 2.24. The van der Waals surface area contributed by atoms with Crippen LogP contribution in [0.15, 0.2) is 12.1 Å². The number of ether oxygens (including phenoxy) is 2. The minimum Gasteiger partial charge on any atom is -0.469 e. The minimum absolute atomic E-state index is 0.0218. The number of rotatable bonds is 4. The van der Waals surface area contributed by atoms with E-state index in [4.69, 9.17) is 16.3 Å². The lowest BCUT2D eigenvalue weighted by molar-refractivity contribution is -0.142. The molecule has 0 atom stereocenters. The van der Waals surface area contributed by atoms with Gasteiger partial charge in [-0.1, -0.05) is 11.6 Å². The number of hydrogen-bond acceptors (Lipinski definition) is 4. The molecule has 2 rings (SSSR count). The maximum atomic E-state index is 11.1. The average Bonchev–Trinajstić information content (AvgIpc) is 2.63. The van der Waals surface area contributed by atoms with Crippen molar-refractivity contribution in [2.45, 2.75) is 18.3 Å². The van der Waals surface area contributed by atoms with Crippen LogP contribution in [-0.4, -0.2) is 26.3 Å². The highest BCUT2D eigenvalue weighted by atomic mass is 35.5. The summed E-state index contributed by atoms with van der Waals surface area (Å²) in [7, 11) is 1.41. The van der Waals surface area contributed by atoms with Crippen LogP contribution in [0.4, 0.5) is 0 Å². The smallest absolute Gasteiger partial charge is 0.305 e. The lowest BCUT2D eigenvalue weighted by Crippen LogP contribution is -2.46. The summed E-state index contributed by atoms with van der Waals surface area (Å²) < 4.78 is 10.7. The highest BCUT2D eigenvalue weighted by Gasteiger charge is 2.41. The van der Waals surface area contributed by atoms with Crippen molar-refractivity contribution < 1.29 is 14.3 Å². The predicted octanol–water partition coefficient (Wildman–Crippen LogP) is 2.62. The van der Waals surface area contributed by atoms with Crippen molar-refractivity contribution >= 4 is 28.9 Å². The Morgan fingerprint density at radius 1 is 1.62 bits per heavy atom. The number of carbonyl (C=O) groups is 1. The van der Waals surface area contributed by atoms with Crippen LogP contribution in [-0.2, 0) is 19.7 Å². The molecule has 0 N–H and O–H groups in total. The Balaban J connectivity index is 2.05. The highest BCUT2D eigenvalue weighted by molar-refractivity contribution is 7.16.